The first-order valence-corrected chi connectivity index (χ1v) is 13.2. The summed E-state index contributed by atoms with van der Waals surface area (Å²) >= 11 is 0. The van der Waals surface area contributed by atoms with Crippen LogP contribution in [0.4, 0.5) is 24.8 Å². The third-order valence-electron chi connectivity index (χ3n) is 5.97. The van der Waals surface area contributed by atoms with Crippen molar-refractivity contribution in [3.63, 3.8) is 0 Å². The molecule has 0 spiro atoms. The zero-order valence-electron chi connectivity index (χ0n) is 20.2. The molecule has 0 aromatic carbocycles. The van der Waals surface area contributed by atoms with Crippen molar-refractivity contribution in [2.24, 2.45) is 0 Å². The van der Waals surface area contributed by atoms with Crippen LogP contribution >= 0.6 is 0 Å². The lowest BCUT2D eigenvalue weighted by Crippen LogP contribution is -2.36. The van der Waals surface area contributed by atoms with Crippen LogP contribution in [0.2, 0.25) is 0 Å². The number of halogens is 3. The molecule has 0 bridgehead atoms. The van der Waals surface area contributed by atoms with E-state index in [4.69, 9.17) is 13.0 Å². The predicted octanol–water partition coefficient (Wildman–Crippen LogP) is 1.90. The molecule has 0 unspecified atom stereocenters. The standard InChI is InChI=1S/C20H26F3N7O.CH4O3S/c1-12-9-15(31)28-17-16(12)19(26-11-25-17)29-6-3-13(4-7-29)18-27-14(20(21,22)23)10-30(18)8-5-24-2;1-5(2,3)4/h10-13,24H,3-9H2,1-2H3,(H,25,26,28,31);1H3,(H,2,3,4)/p-1/t12-;/m1./s1. The molecule has 200 valence electrons. The van der Waals surface area contributed by atoms with Crippen molar-refractivity contribution in [3.8, 4) is 0 Å². The van der Waals surface area contributed by atoms with E-state index in [9.17, 15) is 18.0 Å². The van der Waals surface area contributed by atoms with Gasteiger partial charge in [-0.3, -0.25) is 4.79 Å². The quantitative estimate of drug-likeness (QED) is 0.552. The van der Waals surface area contributed by atoms with E-state index in [1.807, 2.05) is 6.92 Å². The van der Waals surface area contributed by atoms with Crippen molar-refractivity contribution < 1.29 is 30.9 Å². The Morgan fingerprint density at radius 2 is 1.89 bits per heavy atom. The van der Waals surface area contributed by atoms with E-state index >= 15 is 0 Å². The molecular weight excluding hydrogens is 503 g/mol. The van der Waals surface area contributed by atoms with Gasteiger partial charge in [0.05, 0.1) is 10.1 Å². The summed E-state index contributed by atoms with van der Waals surface area (Å²) in [7, 11) is -2.15. The lowest BCUT2D eigenvalue weighted by molar-refractivity contribution is -0.141. The molecule has 0 saturated carbocycles. The van der Waals surface area contributed by atoms with Gasteiger partial charge in [0.15, 0.2) is 5.69 Å². The lowest BCUT2D eigenvalue weighted by atomic mass is 9.92. The predicted molar refractivity (Wildman–Crippen MR) is 125 cm³/mol. The summed E-state index contributed by atoms with van der Waals surface area (Å²) in [4.78, 5) is 26.6. The highest BCUT2D eigenvalue weighted by molar-refractivity contribution is 7.84. The molecule has 1 atom stereocenters. The third-order valence-corrected chi connectivity index (χ3v) is 5.97. The van der Waals surface area contributed by atoms with Gasteiger partial charge in [0.1, 0.15) is 23.8 Å². The topological polar surface area (TPSA) is 145 Å². The molecule has 4 heterocycles. The molecule has 1 saturated heterocycles. The Morgan fingerprint density at radius 3 is 2.47 bits per heavy atom. The lowest BCUT2D eigenvalue weighted by Gasteiger charge is -2.35. The van der Waals surface area contributed by atoms with Crippen molar-refractivity contribution in [2.75, 3.05) is 43.2 Å². The minimum atomic E-state index is -4.46. The highest BCUT2D eigenvalue weighted by atomic mass is 32.2. The molecule has 2 aliphatic heterocycles. The van der Waals surface area contributed by atoms with Crippen LogP contribution in [0.3, 0.4) is 0 Å². The molecule has 1 amide bonds. The number of piperidine rings is 1. The number of carbonyl (C=O) groups is 1. The molecule has 2 aromatic heterocycles. The van der Waals surface area contributed by atoms with Crippen molar-refractivity contribution in [3.05, 3.63) is 29.6 Å². The number of likely N-dealkylation sites (N-methyl/N-ethyl adjacent to an activating group) is 1. The fraction of sp³-hybridized carbons (Fsp3) is 0.619. The van der Waals surface area contributed by atoms with Gasteiger partial charge in [0.2, 0.25) is 5.91 Å². The van der Waals surface area contributed by atoms with Crippen molar-refractivity contribution in [2.45, 2.75) is 50.7 Å². The van der Waals surface area contributed by atoms with E-state index in [2.05, 4.69) is 30.5 Å². The Bertz CT molecular complexity index is 1170. The Balaban J connectivity index is 0.000000658. The molecule has 1 fully saturated rings. The molecule has 0 radical (unpaired) electrons. The Hall–Kier alpha value is -2.78. The van der Waals surface area contributed by atoms with Crippen molar-refractivity contribution in [1.82, 2.24) is 24.8 Å². The summed E-state index contributed by atoms with van der Waals surface area (Å²) in [5.41, 5.74) is 0.0888. The zero-order valence-corrected chi connectivity index (χ0v) is 21.0. The molecule has 2 N–H and O–H groups in total. The molecular formula is C21H29F3N7O4S-. The van der Waals surface area contributed by atoms with Crippen LogP contribution in [-0.4, -0.2) is 71.3 Å². The monoisotopic (exact) mass is 532 g/mol. The van der Waals surface area contributed by atoms with E-state index in [0.29, 0.717) is 63.3 Å². The fourth-order valence-corrected chi connectivity index (χ4v) is 4.41. The first kappa shape index (κ1) is 27.8. The van der Waals surface area contributed by atoms with Gasteiger partial charge in [-0.2, -0.15) is 13.2 Å². The molecule has 4 rings (SSSR count). The summed E-state index contributed by atoms with van der Waals surface area (Å²) in [6.45, 7) is 4.28. The van der Waals surface area contributed by atoms with E-state index < -0.39 is 22.0 Å². The van der Waals surface area contributed by atoms with Crippen molar-refractivity contribution in [1.29, 1.82) is 0 Å². The molecule has 2 aliphatic rings. The van der Waals surface area contributed by atoms with Gasteiger partial charge in [-0.05, 0) is 25.8 Å². The zero-order chi connectivity index (χ0) is 26.7. The highest BCUT2D eigenvalue weighted by Crippen LogP contribution is 2.39. The third kappa shape index (κ3) is 7.13. The average Bonchev–Trinajstić information content (AvgIpc) is 3.21. The number of hydrogen-bond acceptors (Lipinski definition) is 9. The van der Waals surface area contributed by atoms with Crippen LogP contribution in [-0.2, 0) is 27.6 Å². The normalized spacial score (nSPS) is 18.8. The maximum absolute atomic E-state index is 13.2. The summed E-state index contributed by atoms with van der Waals surface area (Å²) in [6.07, 6.45) is 0.435. The number of alkyl halides is 3. The van der Waals surface area contributed by atoms with Gasteiger partial charge in [-0.15, -0.1) is 0 Å². The van der Waals surface area contributed by atoms with E-state index in [-0.39, 0.29) is 17.7 Å². The second-order valence-electron chi connectivity index (χ2n) is 8.86. The van der Waals surface area contributed by atoms with Crippen molar-refractivity contribution >= 4 is 27.7 Å². The Kier molecular flexibility index (Phi) is 8.56. The SMILES string of the molecule is CNCCn1cc(C(F)(F)F)nc1C1CCN(c2ncnc3c2[C@H](C)CC(=O)N3)CC1.CS(=O)(=O)[O-]. The van der Waals surface area contributed by atoms with Gasteiger partial charge in [0.25, 0.3) is 0 Å². The van der Waals surface area contributed by atoms with Crippen LogP contribution < -0.4 is 15.5 Å². The van der Waals surface area contributed by atoms with Gasteiger partial charge >= 0.3 is 6.18 Å². The Labute approximate surface area is 207 Å². The number of carbonyl (C=O) groups excluding carboxylic acids is 1. The Morgan fingerprint density at radius 1 is 1.25 bits per heavy atom. The molecule has 15 heteroatoms. The van der Waals surface area contributed by atoms with Gasteiger partial charge < -0.3 is 24.7 Å². The first-order chi connectivity index (χ1) is 16.8. The van der Waals surface area contributed by atoms with Crippen LogP contribution in [0, 0.1) is 0 Å². The van der Waals surface area contributed by atoms with Gasteiger partial charge in [0, 0.05) is 56.5 Å². The van der Waals surface area contributed by atoms with Crippen LogP contribution in [0.5, 0.6) is 0 Å². The number of amides is 1. The highest BCUT2D eigenvalue weighted by Gasteiger charge is 2.37. The summed E-state index contributed by atoms with van der Waals surface area (Å²) in [5.74, 6) is 1.73. The van der Waals surface area contributed by atoms with Gasteiger partial charge in [-0.25, -0.2) is 23.4 Å². The smallest absolute Gasteiger partial charge is 0.434 e. The van der Waals surface area contributed by atoms with Crippen LogP contribution in [0.1, 0.15) is 55.1 Å². The van der Waals surface area contributed by atoms with E-state index in [1.54, 1.807) is 11.6 Å². The minimum Gasteiger partial charge on any atom is -0.748 e. The minimum absolute atomic E-state index is 0.00691. The second kappa shape index (κ2) is 11.1. The molecule has 36 heavy (non-hydrogen) atoms. The summed E-state index contributed by atoms with van der Waals surface area (Å²) < 4.78 is 68.6. The average molecular weight is 533 g/mol. The van der Waals surface area contributed by atoms with Crippen LogP contribution in [0.25, 0.3) is 0 Å². The maximum atomic E-state index is 13.2. The van der Waals surface area contributed by atoms with E-state index in [1.165, 1.54) is 6.33 Å². The maximum Gasteiger partial charge on any atom is 0.434 e. The number of aromatic nitrogens is 4. The first-order valence-electron chi connectivity index (χ1n) is 11.4. The number of fused-ring (bicyclic) bond motifs is 1. The largest absolute Gasteiger partial charge is 0.748 e. The number of anilines is 2. The number of nitrogens with zero attached hydrogens (tertiary/aromatic N) is 5. The number of nitrogens with one attached hydrogen (secondary N) is 2. The van der Waals surface area contributed by atoms with E-state index in [0.717, 1.165) is 17.6 Å². The van der Waals surface area contributed by atoms with Gasteiger partial charge in [-0.1, -0.05) is 6.92 Å². The number of imidazole rings is 1. The fourth-order valence-electron chi connectivity index (χ4n) is 4.41. The second-order valence-corrected chi connectivity index (χ2v) is 10.3. The number of rotatable bonds is 5. The molecule has 0 aliphatic carbocycles. The van der Waals surface area contributed by atoms with Crippen LogP contribution in [0.15, 0.2) is 12.5 Å². The molecule has 11 nitrogen and oxygen atoms in total. The summed E-state index contributed by atoms with van der Waals surface area (Å²) in [6, 6.07) is 0. The number of hydrogen-bond donors (Lipinski definition) is 2. The molecule has 2 aromatic rings. The summed E-state index contributed by atoms with van der Waals surface area (Å²) in [5, 5.41) is 5.78.